The molecule has 2 atom stereocenters. The fraction of sp³-hybridized carbons (Fsp3) is 0.812. The van der Waals surface area contributed by atoms with E-state index in [1.165, 1.54) is 0 Å². The largest absolute Gasteiger partial charge is 0.379 e. The average molecular weight is 335 g/mol. The van der Waals surface area contributed by atoms with Gasteiger partial charge in [0.15, 0.2) is 0 Å². The summed E-state index contributed by atoms with van der Waals surface area (Å²) in [5.74, 6) is 0.244. The van der Waals surface area contributed by atoms with Gasteiger partial charge in [-0.1, -0.05) is 5.21 Å². The average Bonchev–Trinajstić information content (AvgIpc) is 3.11. The molecule has 3 aliphatic rings. The first-order valence-electron chi connectivity index (χ1n) is 8.90. The number of morpholine rings is 1. The highest BCUT2D eigenvalue weighted by molar-refractivity contribution is 5.76. The summed E-state index contributed by atoms with van der Waals surface area (Å²) in [7, 11) is 0. The molecule has 132 valence electrons. The fourth-order valence-corrected chi connectivity index (χ4v) is 3.84. The normalized spacial score (nSPS) is 27.6. The Hall–Kier alpha value is -1.51. The summed E-state index contributed by atoms with van der Waals surface area (Å²) in [4.78, 5) is 16.9. The van der Waals surface area contributed by atoms with Gasteiger partial charge < -0.3 is 14.4 Å². The predicted octanol–water partition coefficient (Wildman–Crippen LogP) is 0.0627. The highest BCUT2D eigenvalue weighted by Gasteiger charge is 2.37. The first-order valence-corrected chi connectivity index (χ1v) is 8.90. The highest BCUT2D eigenvalue weighted by Crippen LogP contribution is 2.30. The maximum atomic E-state index is 12.6. The Morgan fingerprint density at radius 2 is 2.17 bits per heavy atom. The third-order valence-corrected chi connectivity index (χ3v) is 5.25. The molecule has 0 bridgehead atoms. The van der Waals surface area contributed by atoms with E-state index in [1.807, 2.05) is 9.58 Å². The van der Waals surface area contributed by atoms with Crippen LogP contribution in [-0.2, 0) is 20.9 Å². The Morgan fingerprint density at radius 3 is 3.04 bits per heavy atom. The van der Waals surface area contributed by atoms with Crippen LogP contribution in [0.25, 0.3) is 0 Å². The minimum Gasteiger partial charge on any atom is -0.379 e. The molecule has 0 N–H and O–H groups in total. The quantitative estimate of drug-likeness (QED) is 0.775. The van der Waals surface area contributed by atoms with Gasteiger partial charge in [-0.25, -0.2) is 4.68 Å². The molecule has 4 heterocycles. The zero-order valence-electron chi connectivity index (χ0n) is 14.0. The van der Waals surface area contributed by atoms with Crippen molar-refractivity contribution in [3.63, 3.8) is 0 Å². The topological polar surface area (TPSA) is 72.7 Å². The van der Waals surface area contributed by atoms with Crippen LogP contribution in [0.4, 0.5) is 0 Å². The number of aromatic nitrogens is 3. The Balaban J connectivity index is 1.28. The molecule has 8 nitrogen and oxygen atoms in total. The van der Waals surface area contributed by atoms with Crippen molar-refractivity contribution in [3.8, 4) is 0 Å². The van der Waals surface area contributed by atoms with Crippen molar-refractivity contribution < 1.29 is 14.3 Å². The van der Waals surface area contributed by atoms with Crippen molar-refractivity contribution in [2.24, 2.45) is 0 Å². The van der Waals surface area contributed by atoms with Gasteiger partial charge in [-0.3, -0.25) is 9.69 Å². The lowest BCUT2D eigenvalue weighted by Crippen LogP contribution is -2.50. The minimum atomic E-state index is 0.105. The van der Waals surface area contributed by atoms with Crippen molar-refractivity contribution in [1.29, 1.82) is 0 Å². The molecule has 1 amide bonds. The molecule has 2 fully saturated rings. The maximum absolute atomic E-state index is 12.6. The molecule has 8 heteroatoms. The lowest BCUT2D eigenvalue weighted by atomic mass is 10.00. The summed E-state index contributed by atoms with van der Waals surface area (Å²) in [6.45, 7) is 6.58. The van der Waals surface area contributed by atoms with E-state index in [0.717, 1.165) is 57.9 Å². The number of hydrogen-bond donors (Lipinski definition) is 0. The summed E-state index contributed by atoms with van der Waals surface area (Å²) in [6.07, 6.45) is 4.30. The van der Waals surface area contributed by atoms with Crippen LogP contribution in [0.3, 0.4) is 0 Å². The van der Waals surface area contributed by atoms with Crippen LogP contribution in [0.5, 0.6) is 0 Å². The Kier molecular flexibility index (Phi) is 4.77. The summed E-state index contributed by atoms with van der Waals surface area (Å²) in [6, 6.07) is 0.105. The second-order valence-corrected chi connectivity index (χ2v) is 6.77. The molecule has 0 saturated carbocycles. The number of rotatable bonds is 4. The Morgan fingerprint density at radius 1 is 1.29 bits per heavy atom. The number of ether oxygens (including phenoxy) is 2. The van der Waals surface area contributed by atoms with E-state index in [4.69, 9.17) is 9.47 Å². The van der Waals surface area contributed by atoms with Crippen LogP contribution in [0.1, 0.15) is 31.0 Å². The number of amides is 1. The number of piperidine rings is 1. The van der Waals surface area contributed by atoms with Gasteiger partial charge in [0, 0.05) is 32.6 Å². The van der Waals surface area contributed by atoms with Gasteiger partial charge in [0.1, 0.15) is 0 Å². The van der Waals surface area contributed by atoms with Gasteiger partial charge >= 0.3 is 0 Å². The Labute approximate surface area is 141 Å². The van der Waals surface area contributed by atoms with E-state index in [-0.39, 0.29) is 18.1 Å². The molecule has 4 rings (SSSR count). The Bertz CT molecular complexity index is 572. The lowest BCUT2D eigenvalue weighted by molar-refractivity contribution is -0.138. The van der Waals surface area contributed by atoms with Crippen molar-refractivity contribution in [3.05, 3.63) is 11.9 Å². The van der Waals surface area contributed by atoms with Crippen LogP contribution < -0.4 is 0 Å². The zero-order valence-corrected chi connectivity index (χ0v) is 14.0. The van der Waals surface area contributed by atoms with E-state index >= 15 is 0 Å². The lowest BCUT2D eigenvalue weighted by Gasteiger charge is -2.41. The van der Waals surface area contributed by atoms with Gasteiger partial charge in [0.2, 0.25) is 5.91 Å². The smallest absolute Gasteiger partial charge is 0.222 e. The first-order chi connectivity index (χ1) is 11.8. The van der Waals surface area contributed by atoms with E-state index in [1.54, 1.807) is 6.20 Å². The van der Waals surface area contributed by atoms with Crippen LogP contribution >= 0.6 is 0 Å². The summed E-state index contributed by atoms with van der Waals surface area (Å²) in [5.41, 5.74) is 0.998. The number of likely N-dealkylation sites (tertiary alicyclic amines) is 1. The summed E-state index contributed by atoms with van der Waals surface area (Å²) in [5, 5.41) is 8.17. The minimum absolute atomic E-state index is 0.105. The molecule has 24 heavy (non-hydrogen) atoms. The SMILES string of the molecule is O=C(CCCN1CCOCC1)N1CC[C@H]2OCc3cnnn3[C@@H]2C1. The van der Waals surface area contributed by atoms with E-state index in [2.05, 4.69) is 15.2 Å². The van der Waals surface area contributed by atoms with Crippen LogP contribution in [0.15, 0.2) is 6.20 Å². The van der Waals surface area contributed by atoms with Crippen molar-refractivity contribution in [2.75, 3.05) is 45.9 Å². The molecule has 1 aromatic rings. The van der Waals surface area contributed by atoms with Crippen LogP contribution in [-0.4, -0.2) is 82.7 Å². The third-order valence-electron chi connectivity index (χ3n) is 5.25. The molecule has 0 aromatic carbocycles. The number of hydrogen-bond acceptors (Lipinski definition) is 6. The molecule has 0 radical (unpaired) electrons. The predicted molar refractivity (Wildman–Crippen MR) is 85.3 cm³/mol. The summed E-state index contributed by atoms with van der Waals surface area (Å²) < 4.78 is 13.2. The van der Waals surface area contributed by atoms with Crippen molar-refractivity contribution >= 4 is 5.91 Å². The zero-order chi connectivity index (χ0) is 16.4. The van der Waals surface area contributed by atoms with E-state index in [9.17, 15) is 4.79 Å². The second kappa shape index (κ2) is 7.16. The first kappa shape index (κ1) is 16.0. The molecular formula is C16H25N5O3. The van der Waals surface area contributed by atoms with Gasteiger partial charge in [0.05, 0.1) is 43.9 Å². The van der Waals surface area contributed by atoms with Gasteiger partial charge in [0.25, 0.3) is 0 Å². The molecule has 2 saturated heterocycles. The van der Waals surface area contributed by atoms with E-state index in [0.29, 0.717) is 19.6 Å². The fourth-order valence-electron chi connectivity index (χ4n) is 3.84. The van der Waals surface area contributed by atoms with Crippen molar-refractivity contribution in [1.82, 2.24) is 24.8 Å². The van der Waals surface area contributed by atoms with Gasteiger partial charge in [-0.05, 0) is 19.4 Å². The van der Waals surface area contributed by atoms with Gasteiger partial charge in [-0.15, -0.1) is 5.10 Å². The molecule has 3 aliphatic heterocycles. The van der Waals surface area contributed by atoms with Crippen LogP contribution in [0, 0.1) is 0 Å². The molecule has 1 aromatic heterocycles. The molecular weight excluding hydrogens is 310 g/mol. The number of nitrogens with zero attached hydrogens (tertiary/aromatic N) is 5. The second-order valence-electron chi connectivity index (χ2n) is 6.77. The molecule has 0 unspecified atom stereocenters. The number of carbonyl (C=O) groups excluding carboxylic acids is 1. The number of carbonyl (C=O) groups is 1. The van der Waals surface area contributed by atoms with E-state index < -0.39 is 0 Å². The van der Waals surface area contributed by atoms with Gasteiger partial charge in [-0.2, -0.15) is 0 Å². The molecule has 0 spiro atoms. The maximum Gasteiger partial charge on any atom is 0.222 e. The van der Waals surface area contributed by atoms with Crippen LogP contribution in [0.2, 0.25) is 0 Å². The van der Waals surface area contributed by atoms with Crippen molar-refractivity contribution in [2.45, 2.75) is 38.0 Å². The highest BCUT2D eigenvalue weighted by atomic mass is 16.5. The summed E-state index contributed by atoms with van der Waals surface area (Å²) >= 11 is 0. The number of fused-ring (bicyclic) bond motifs is 3. The monoisotopic (exact) mass is 335 g/mol. The standard InChI is InChI=1S/C16H25N5O3/c22-16(2-1-4-19-6-8-23-9-7-19)20-5-3-15-14(11-20)21-13(12-24-15)10-17-18-21/h10,14-15H,1-9,11-12H2/t14-,15-/m1/s1. The molecule has 0 aliphatic carbocycles. The third kappa shape index (κ3) is 3.31.